The van der Waals surface area contributed by atoms with Gasteiger partial charge in [0.05, 0.1) is 5.56 Å². The van der Waals surface area contributed by atoms with Crippen molar-refractivity contribution in [3.63, 3.8) is 0 Å². The highest BCUT2D eigenvalue weighted by atomic mass is 79.9. The average molecular weight is 295 g/mol. The van der Waals surface area contributed by atoms with E-state index in [0.29, 0.717) is 14.6 Å². The molecule has 3 N–H and O–H groups in total. The predicted molar refractivity (Wildman–Crippen MR) is 51.3 cm³/mol. The maximum absolute atomic E-state index is 11.1. The van der Waals surface area contributed by atoms with Crippen LogP contribution in [-0.4, -0.2) is 10.9 Å². The number of carbonyl (C=O) groups excluding carboxylic acids is 1. The Hall–Kier alpha value is -0.460. The van der Waals surface area contributed by atoms with E-state index in [4.69, 9.17) is 5.84 Å². The first-order valence-corrected chi connectivity index (χ1v) is 4.55. The average Bonchev–Trinajstić information content (AvgIpc) is 2.08. The van der Waals surface area contributed by atoms with Gasteiger partial charge in [0.15, 0.2) is 0 Å². The van der Waals surface area contributed by atoms with Crippen molar-refractivity contribution in [2.75, 3.05) is 0 Å². The molecule has 1 heterocycles. The van der Waals surface area contributed by atoms with Gasteiger partial charge in [-0.15, -0.1) is 0 Å². The van der Waals surface area contributed by atoms with Gasteiger partial charge >= 0.3 is 0 Å². The standard InChI is InChI=1S/C6H5Br2N3O/c7-4-2-10-5(8)1-3(4)6(12)11-9/h1-2H,9H2,(H,11,12). The first kappa shape index (κ1) is 9.63. The molecule has 0 spiro atoms. The van der Waals surface area contributed by atoms with Gasteiger partial charge in [0.1, 0.15) is 4.60 Å². The number of nitrogens with one attached hydrogen (secondary N) is 1. The summed E-state index contributed by atoms with van der Waals surface area (Å²) in [6, 6.07) is 1.58. The molecule has 0 aromatic carbocycles. The molecule has 1 rings (SSSR count). The van der Waals surface area contributed by atoms with E-state index in [1.54, 1.807) is 6.07 Å². The van der Waals surface area contributed by atoms with Crippen LogP contribution in [0.5, 0.6) is 0 Å². The highest BCUT2D eigenvalue weighted by Gasteiger charge is 2.08. The summed E-state index contributed by atoms with van der Waals surface area (Å²) in [6.45, 7) is 0. The Labute approximate surface area is 85.8 Å². The van der Waals surface area contributed by atoms with Gasteiger partial charge in [0, 0.05) is 10.7 Å². The van der Waals surface area contributed by atoms with Gasteiger partial charge in [-0.1, -0.05) is 0 Å². The lowest BCUT2D eigenvalue weighted by atomic mass is 10.2. The second-order valence-electron chi connectivity index (χ2n) is 1.96. The fraction of sp³-hybridized carbons (Fsp3) is 0. The van der Waals surface area contributed by atoms with Gasteiger partial charge in [0.25, 0.3) is 5.91 Å². The minimum atomic E-state index is -0.357. The van der Waals surface area contributed by atoms with Gasteiger partial charge in [-0.05, 0) is 37.9 Å². The first-order valence-electron chi connectivity index (χ1n) is 2.97. The van der Waals surface area contributed by atoms with Crippen molar-refractivity contribution in [2.24, 2.45) is 5.84 Å². The summed E-state index contributed by atoms with van der Waals surface area (Å²) < 4.78 is 1.19. The minimum absolute atomic E-state index is 0.357. The van der Waals surface area contributed by atoms with E-state index in [1.165, 1.54) is 6.20 Å². The molecule has 0 fully saturated rings. The summed E-state index contributed by atoms with van der Waals surface area (Å²) in [5.74, 6) is 4.61. The lowest BCUT2D eigenvalue weighted by Gasteiger charge is -2.01. The van der Waals surface area contributed by atoms with Crippen molar-refractivity contribution >= 4 is 37.8 Å². The number of nitrogen functional groups attached to an aromatic ring is 1. The van der Waals surface area contributed by atoms with Crippen molar-refractivity contribution < 1.29 is 4.79 Å². The first-order chi connectivity index (χ1) is 5.65. The van der Waals surface area contributed by atoms with Crippen molar-refractivity contribution in [3.8, 4) is 0 Å². The highest BCUT2D eigenvalue weighted by molar-refractivity contribution is 9.11. The van der Waals surface area contributed by atoms with E-state index in [1.807, 2.05) is 5.43 Å². The number of halogens is 2. The number of amides is 1. The van der Waals surface area contributed by atoms with E-state index in [2.05, 4.69) is 36.8 Å². The molecule has 0 bridgehead atoms. The van der Waals surface area contributed by atoms with Crippen LogP contribution in [0.15, 0.2) is 21.3 Å². The van der Waals surface area contributed by atoms with Crippen LogP contribution in [0, 0.1) is 0 Å². The lowest BCUT2D eigenvalue weighted by Crippen LogP contribution is -2.30. The summed E-state index contributed by atoms with van der Waals surface area (Å²) in [6.07, 6.45) is 1.52. The lowest BCUT2D eigenvalue weighted by molar-refractivity contribution is 0.0952. The maximum atomic E-state index is 11.1. The number of aromatic nitrogens is 1. The number of nitrogens with two attached hydrogens (primary N) is 1. The highest BCUT2D eigenvalue weighted by Crippen LogP contribution is 2.18. The molecule has 0 atom stereocenters. The van der Waals surface area contributed by atoms with Crippen LogP contribution in [0.1, 0.15) is 10.4 Å². The van der Waals surface area contributed by atoms with E-state index < -0.39 is 0 Å². The summed E-state index contributed by atoms with van der Waals surface area (Å²) in [4.78, 5) is 15.0. The molecule has 0 aliphatic rings. The summed E-state index contributed by atoms with van der Waals surface area (Å²) >= 11 is 6.31. The Morgan fingerprint density at radius 2 is 2.25 bits per heavy atom. The van der Waals surface area contributed by atoms with Gasteiger partial charge in [-0.3, -0.25) is 10.2 Å². The Morgan fingerprint density at radius 1 is 1.58 bits per heavy atom. The third kappa shape index (κ3) is 2.02. The second kappa shape index (κ2) is 3.97. The predicted octanol–water partition coefficient (Wildman–Crippen LogP) is 1.21. The number of hydrazine groups is 1. The number of hydrogen-bond acceptors (Lipinski definition) is 3. The molecule has 1 aromatic heterocycles. The topological polar surface area (TPSA) is 68.0 Å². The van der Waals surface area contributed by atoms with Gasteiger partial charge < -0.3 is 0 Å². The second-order valence-corrected chi connectivity index (χ2v) is 3.63. The molecule has 64 valence electrons. The zero-order valence-corrected chi connectivity index (χ0v) is 9.02. The Balaban J connectivity index is 3.13. The molecule has 0 aliphatic heterocycles. The number of carbonyl (C=O) groups is 1. The fourth-order valence-electron chi connectivity index (χ4n) is 0.665. The molecule has 6 heteroatoms. The van der Waals surface area contributed by atoms with E-state index >= 15 is 0 Å². The van der Waals surface area contributed by atoms with E-state index in [0.717, 1.165) is 0 Å². The number of hydrogen-bond donors (Lipinski definition) is 2. The van der Waals surface area contributed by atoms with Gasteiger partial charge in [0.2, 0.25) is 0 Å². The van der Waals surface area contributed by atoms with Crippen LogP contribution < -0.4 is 11.3 Å². The van der Waals surface area contributed by atoms with Crippen LogP contribution in [0.2, 0.25) is 0 Å². The summed E-state index contributed by atoms with van der Waals surface area (Å²) in [7, 11) is 0. The van der Waals surface area contributed by atoms with Gasteiger partial charge in [-0.2, -0.15) is 0 Å². The third-order valence-corrected chi connectivity index (χ3v) is 2.26. The molecule has 12 heavy (non-hydrogen) atoms. The quantitative estimate of drug-likeness (QED) is 0.354. The van der Waals surface area contributed by atoms with Crippen molar-refractivity contribution in [3.05, 3.63) is 26.9 Å². The van der Waals surface area contributed by atoms with Crippen LogP contribution in [-0.2, 0) is 0 Å². The van der Waals surface area contributed by atoms with Crippen LogP contribution in [0.4, 0.5) is 0 Å². The molecule has 0 aliphatic carbocycles. The molecular formula is C6H5Br2N3O. The molecule has 0 saturated heterocycles. The number of pyridine rings is 1. The fourth-order valence-corrected chi connectivity index (χ4v) is 1.39. The Morgan fingerprint density at radius 3 is 2.83 bits per heavy atom. The Kier molecular flexibility index (Phi) is 3.19. The monoisotopic (exact) mass is 293 g/mol. The van der Waals surface area contributed by atoms with Crippen molar-refractivity contribution in [1.29, 1.82) is 0 Å². The SMILES string of the molecule is NNC(=O)c1cc(Br)ncc1Br. The smallest absolute Gasteiger partial charge is 0.266 e. The van der Waals surface area contributed by atoms with Crippen molar-refractivity contribution in [2.45, 2.75) is 0 Å². The molecule has 1 amide bonds. The zero-order chi connectivity index (χ0) is 9.14. The molecule has 0 unspecified atom stereocenters. The van der Waals surface area contributed by atoms with Crippen molar-refractivity contribution in [1.82, 2.24) is 10.4 Å². The maximum Gasteiger partial charge on any atom is 0.266 e. The van der Waals surface area contributed by atoms with Crippen LogP contribution >= 0.6 is 31.9 Å². The van der Waals surface area contributed by atoms with Crippen LogP contribution in [0.25, 0.3) is 0 Å². The minimum Gasteiger partial charge on any atom is -0.290 e. The molecule has 0 saturated carbocycles. The van der Waals surface area contributed by atoms with E-state index in [-0.39, 0.29) is 5.91 Å². The van der Waals surface area contributed by atoms with E-state index in [9.17, 15) is 4.79 Å². The molecular weight excluding hydrogens is 290 g/mol. The molecule has 0 radical (unpaired) electrons. The number of rotatable bonds is 1. The molecule has 4 nitrogen and oxygen atoms in total. The summed E-state index contributed by atoms with van der Waals surface area (Å²) in [5, 5.41) is 0. The third-order valence-electron chi connectivity index (χ3n) is 1.20. The van der Waals surface area contributed by atoms with Gasteiger partial charge in [-0.25, -0.2) is 10.8 Å². The summed E-state index contributed by atoms with van der Waals surface area (Å²) in [5.41, 5.74) is 2.48. The molecule has 1 aromatic rings. The largest absolute Gasteiger partial charge is 0.290 e. The Bertz CT molecular complexity index is 316. The number of nitrogens with zero attached hydrogens (tertiary/aromatic N) is 1. The van der Waals surface area contributed by atoms with Crippen LogP contribution in [0.3, 0.4) is 0 Å². The normalized spacial score (nSPS) is 9.58. The zero-order valence-electron chi connectivity index (χ0n) is 5.84.